The number of benzene rings is 1. The highest BCUT2D eigenvalue weighted by Gasteiger charge is 2.12. The molecule has 0 fully saturated rings. The molecule has 2 aromatic rings. The second kappa shape index (κ2) is 4.28. The van der Waals surface area contributed by atoms with Gasteiger partial charge in [-0.2, -0.15) is 11.3 Å². The van der Waals surface area contributed by atoms with E-state index in [-0.39, 0.29) is 0 Å². The van der Waals surface area contributed by atoms with Crippen molar-refractivity contribution < 1.29 is 0 Å². The van der Waals surface area contributed by atoms with Crippen LogP contribution >= 0.6 is 27.3 Å². The van der Waals surface area contributed by atoms with Crippen molar-refractivity contribution in [1.29, 1.82) is 0 Å². The molecule has 0 saturated heterocycles. The highest BCUT2D eigenvalue weighted by molar-refractivity contribution is 9.09. The van der Waals surface area contributed by atoms with Crippen LogP contribution in [0, 0.1) is 6.92 Å². The van der Waals surface area contributed by atoms with Crippen LogP contribution in [-0.4, -0.2) is 0 Å². The van der Waals surface area contributed by atoms with Crippen LogP contribution in [0.15, 0.2) is 41.1 Å². The Kier molecular flexibility index (Phi) is 3.04. The third-order valence-electron chi connectivity index (χ3n) is 2.26. The number of hydrogen-bond donors (Lipinski definition) is 0. The molecule has 1 aromatic heterocycles. The van der Waals surface area contributed by atoms with Crippen molar-refractivity contribution in [2.75, 3.05) is 0 Å². The lowest BCUT2D eigenvalue weighted by atomic mass is 10.1. The van der Waals surface area contributed by atoms with Gasteiger partial charge in [0.1, 0.15) is 0 Å². The molecule has 0 nitrogen and oxygen atoms in total. The topological polar surface area (TPSA) is 0 Å². The van der Waals surface area contributed by atoms with Gasteiger partial charge >= 0.3 is 0 Å². The summed E-state index contributed by atoms with van der Waals surface area (Å²) in [7, 11) is 0. The van der Waals surface area contributed by atoms with E-state index in [1.807, 2.05) is 6.07 Å². The summed E-state index contributed by atoms with van der Waals surface area (Å²) >= 11 is 5.49. The van der Waals surface area contributed by atoms with Gasteiger partial charge in [0.25, 0.3) is 0 Å². The first-order chi connectivity index (χ1) is 6.79. The molecule has 0 amide bonds. The minimum Gasteiger partial charge on any atom is -0.152 e. The SMILES string of the molecule is Cc1cscc1C(Br)c1ccccc1. The highest BCUT2D eigenvalue weighted by Crippen LogP contribution is 2.34. The average Bonchev–Trinajstić information content (AvgIpc) is 2.65. The minimum absolute atomic E-state index is 0.329. The van der Waals surface area contributed by atoms with Gasteiger partial charge in [0, 0.05) is 0 Å². The Bertz CT molecular complexity index is 405. The molecule has 14 heavy (non-hydrogen) atoms. The molecule has 0 aliphatic carbocycles. The number of aryl methyl sites for hydroxylation is 1. The quantitative estimate of drug-likeness (QED) is 0.701. The fourth-order valence-corrected chi connectivity index (χ4v) is 3.28. The van der Waals surface area contributed by atoms with Gasteiger partial charge in [0.2, 0.25) is 0 Å². The maximum atomic E-state index is 3.73. The molecule has 72 valence electrons. The lowest BCUT2D eigenvalue weighted by Gasteiger charge is -2.09. The maximum Gasteiger partial charge on any atom is 0.0655 e. The standard InChI is InChI=1S/C12H11BrS/c1-9-7-14-8-11(9)12(13)10-5-3-2-4-6-10/h2-8,12H,1H3. The van der Waals surface area contributed by atoms with Crippen molar-refractivity contribution >= 4 is 27.3 Å². The summed E-state index contributed by atoms with van der Waals surface area (Å²) in [6.07, 6.45) is 0. The van der Waals surface area contributed by atoms with Gasteiger partial charge in [-0.15, -0.1) is 0 Å². The molecule has 0 saturated carbocycles. The molecule has 0 aliphatic heterocycles. The van der Waals surface area contributed by atoms with Crippen LogP contribution in [0.3, 0.4) is 0 Å². The van der Waals surface area contributed by atoms with Crippen LogP contribution in [0.1, 0.15) is 21.5 Å². The average molecular weight is 267 g/mol. The van der Waals surface area contributed by atoms with E-state index < -0.39 is 0 Å². The fraction of sp³-hybridized carbons (Fsp3) is 0.167. The predicted octanol–water partition coefficient (Wildman–Crippen LogP) is 4.54. The normalized spacial score (nSPS) is 12.7. The second-order valence-electron chi connectivity index (χ2n) is 3.28. The third kappa shape index (κ3) is 1.91. The van der Waals surface area contributed by atoms with Crippen molar-refractivity contribution in [1.82, 2.24) is 0 Å². The molecular weight excluding hydrogens is 256 g/mol. The van der Waals surface area contributed by atoms with Crippen LogP contribution in [0.5, 0.6) is 0 Å². The van der Waals surface area contributed by atoms with E-state index in [0.717, 1.165) is 0 Å². The first kappa shape index (κ1) is 9.94. The van der Waals surface area contributed by atoms with Gasteiger partial charge in [-0.25, -0.2) is 0 Å². The monoisotopic (exact) mass is 266 g/mol. The third-order valence-corrected chi connectivity index (χ3v) is 4.16. The van der Waals surface area contributed by atoms with E-state index >= 15 is 0 Å². The van der Waals surface area contributed by atoms with Crippen LogP contribution in [-0.2, 0) is 0 Å². The summed E-state index contributed by atoms with van der Waals surface area (Å²) < 4.78 is 0. The highest BCUT2D eigenvalue weighted by atomic mass is 79.9. The van der Waals surface area contributed by atoms with E-state index in [0.29, 0.717) is 4.83 Å². The Labute approximate surface area is 96.7 Å². The van der Waals surface area contributed by atoms with E-state index in [1.54, 1.807) is 11.3 Å². The molecule has 0 bridgehead atoms. The Hall–Kier alpha value is -0.600. The maximum absolute atomic E-state index is 3.73. The molecule has 0 N–H and O–H groups in total. The smallest absolute Gasteiger partial charge is 0.0655 e. The summed E-state index contributed by atoms with van der Waals surface area (Å²) in [6, 6.07) is 10.5. The molecule has 2 heteroatoms. The summed E-state index contributed by atoms with van der Waals surface area (Å²) in [5.41, 5.74) is 4.05. The summed E-state index contributed by atoms with van der Waals surface area (Å²) in [5.74, 6) is 0. The van der Waals surface area contributed by atoms with Crippen LogP contribution in [0.25, 0.3) is 0 Å². The first-order valence-corrected chi connectivity index (χ1v) is 6.36. The fourth-order valence-electron chi connectivity index (χ4n) is 1.43. The molecule has 0 spiro atoms. The molecule has 0 aliphatic rings. The number of alkyl halides is 1. The number of halogens is 1. The Morgan fingerprint density at radius 1 is 1.14 bits per heavy atom. The van der Waals surface area contributed by atoms with E-state index in [1.165, 1.54) is 16.7 Å². The lowest BCUT2D eigenvalue weighted by Crippen LogP contribution is -1.91. The molecule has 2 rings (SSSR count). The molecule has 1 atom stereocenters. The van der Waals surface area contributed by atoms with E-state index in [2.05, 4.69) is 57.9 Å². The number of thiophene rings is 1. The Balaban J connectivity index is 2.34. The van der Waals surface area contributed by atoms with Gasteiger partial charge in [-0.3, -0.25) is 0 Å². The van der Waals surface area contributed by atoms with Crippen LogP contribution in [0.2, 0.25) is 0 Å². The zero-order valence-electron chi connectivity index (χ0n) is 7.91. The number of hydrogen-bond acceptors (Lipinski definition) is 1. The van der Waals surface area contributed by atoms with Crippen molar-refractivity contribution in [3.63, 3.8) is 0 Å². The van der Waals surface area contributed by atoms with Crippen LogP contribution < -0.4 is 0 Å². The summed E-state index contributed by atoms with van der Waals surface area (Å²) in [6.45, 7) is 2.16. The molecule has 0 radical (unpaired) electrons. The molecule has 1 heterocycles. The first-order valence-electron chi connectivity index (χ1n) is 4.51. The van der Waals surface area contributed by atoms with Crippen LogP contribution in [0.4, 0.5) is 0 Å². The Morgan fingerprint density at radius 2 is 1.86 bits per heavy atom. The number of rotatable bonds is 2. The summed E-state index contributed by atoms with van der Waals surface area (Å²) in [5, 5.41) is 4.40. The van der Waals surface area contributed by atoms with E-state index in [9.17, 15) is 0 Å². The molecule has 1 unspecified atom stereocenters. The largest absolute Gasteiger partial charge is 0.152 e. The Morgan fingerprint density at radius 3 is 2.43 bits per heavy atom. The minimum atomic E-state index is 0.329. The van der Waals surface area contributed by atoms with Crippen molar-refractivity contribution in [3.05, 3.63) is 57.8 Å². The molecular formula is C12H11BrS. The second-order valence-corrected chi connectivity index (χ2v) is 4.94. The summed E-state index contributed by atoms with van der Waals surface area (Å²) in [4.78, 5) is 0.329. The predicted molar refractivity (Wildman–Crippen MR) is 66.3 cm³/mol. The molecule has 1 aromatic carbocycles. The zero-order valence-corrected chi connectivity index (χ0v) is 10.3. The van der Waals surface area contributed by atoms with Gasteiger partial charge in [0.15, 0.2) is 0 Å². The van der Waals surface area contributed by atoms with Crippen molar-refractivity contribution in [3.8, 4) is 0 Å². The van der Waals surface area contributed by atoms with Gasteiger partial charge in [-0.05, 0) is 34.4 Å². The van der Waals surface area contributed by atoms with E-state index in [4.69, 9.17) is 0 Å². The van der Waals surface area contributed by atoms with Gasteiger partial charge < -0.3 is 0 Å². The van der Waals surface area contributed by atoms with Gasteiger partial charge in [0.05, 0.1) is 4.83 Å². The lowest BCUT2D eigenvalue weighted by molar-refractivity contribution is 1.16. The van der Waals surface area contributed by atoms with Gasteiger partial charge in [-0.1, -0.05) is 46.3 Å². The van der Waals surface area contributed by atoms with Crippen molar-refractivity contribution in [2.24, 2.45) is 0 Å². The zero-order chi connectivity index (χ0) is 9.97. The van der Waals surface area contributed by atoms with Crippen molar-refractivity contribution in [2.45, 2.75) is 11.8 Å².